The number of benzene rings is 3. The van der Waals surface area contributed by atoms with E-state index in [4.69, 9.17) is 39.5 Å². The van der Waals surface area contributed by atoms with Gasteiger partial charge in [-0.05, 0) is 42.8 Å². The van der Waals surface area contributed by atoms with Crippen molar-refractivity contribution in [2.24, 2.45) is 5.10 Å². The summed E-state index contributed by atoms with van der Waals surface area (Å²) in [6, 6.07) is 9.60. The molecule has 3 aromatic rings. The SMILES string of the molecule is CC1=NN(c2c(F)c(F)c(F)c(F)c2F)C(=O)/C1=C\c1cc(Cl)cc(Cl)c1OCc1ccc(Cl)cc1. The maximum absolute atomic E-state index is 14.3. The summed E-state index contributed by atoms with van der Waals surface area (Å²) in [5.41, 5.74) is -0.824. The van der Waals surface area contributed by atoms with Crippen LogP contribution in [-0.4, -0.2) is 11.6 Å². The third-order valence-electron chi connectivity index (χ3n) is 5.09. The van der Waals surface area contributed by atoms with Crippen LogP contribution in [0.25, 0.3) is 6.08 Å². The van der Waals surface area contributed by atoms with Gasteiger partial charge in [0.15, 0.2) is 23.3 Å². The molecule has 0 spiro atoms. The number of carbonyl (C=O) groups excluding carboxylic acids is 1. The summed E-state index contributed by atoms with van der Waals surface area (Å²) in [5, 5.41) is 4.62. The van der Waals surface area contributed by atoms with E-state index >= 15 is 0 Å². The molecular formula is C24H12Cl3F5N2O2. The number of hydrazone groups is 1. The van der Waals surface area contributed by atoms with Gasteiger partial charge in [-0.25, -0.2) is 22.0 Å². The minimum absolute atomic E-state index is 0.0619. The van der Waals surface area contributed by atoms with Crippen LogP contribution in [0.1, 0.15) is 18.1 Å². The fourth-order valence-electron chi connectivity index (χ4n) is 3.35. The molecule has 186 valence electrons. The molecule has 0 saturated heterocycles. The van der Waals surface area contributed by atoms with Crippen LogP contribution in [0.3, 0.4) is 0 Å². The zero-order valence-corrected chi connectivity index (χ0v) is 20.3. The molecular weight excluding hydrogens is 550 g/mol. The van der Waals surface area contributed by atoms with Crippen molar-refractivity contribution in [1.29, 1.82) is 0 Å². The first-order valence-electron chi connectivity index (χ1n) is 9.99. The predicted octanol–water partition coefficient (Wildman–Crippen LogP) is 7.73. The van der Waals surface area contributed by atoms with Crippen molar-refractivity contribution in [2.75, 3.05) is 5.01 Å². The molecule has 0 radical (unpaired) electrons. The summed E-state index contributed by atoms with van der Waals surface area (Å²) >= 11 is 18.3. The van der Waals surface area contributed by atoms with Gasteiger partial charge in [-0.2, -0.15) is 10.1 Å². The summed E-state index contributed by atoms with van der Waals surface area (Å²) in [7, 11) is 0. The fourth-order valence-corrected chi connectivity index (χ4v) is 4.04. The van der Waals surface area contributed by atoms with Crippen LogP contribution in [0.15, 0.2) is 47.1 Å². The normalized spacial score (nSPS) is 14.6. The fraction of sp³-hybridized carbons (Fsp3) is 0.0833. The zero-order chi connectivity index (χ0) is 26.3. The lowest BCUT2D eigenvalue weighted by atomic mass is 10.1. The molecule has 0 fully saturated rings. The van der Waals surface area contributed by atoms with Crippen LogP contribution >= 0.6 is 34.8 Å². The number of carbonyl (C=O) groups is 1. The highest BCUT2D eigenvalue weighted by atomic mass is 35.5. The van der Waals surface area contributed by atoms with Gasteiger partial charge in [0.1, 0.15) is 18.0 Å². The van der Waals surface area contributed by atoms with E-state index < -0.39 is 40.7 Å². The molecule has 1 aliphatic heterocycles. The number of rotatable bonds is 5. The Kier molecular flexibility index (Phi) is 7.26. The summed E-state index contributed by atoms with van der Waals surface area (Å²) in [4.78, 5) is 13.0. The van der Waals surface area contributed by atoms with Gasteiger partial charge in [-0.15, -0.1) is 0 Å². The van der Waals surface area contributed by atoms with E-state index in [-0.39, 0.29) is 44.3 Å². The van der Waals surface area contributed by atoms with Crippen LogP contribution in [0.2, 0.25) is 15.1 Å². The molecule has 0 atom stereocenters. The Morgan fingerprint density at radius 2 is 1.47 bits per heavy atom. The van der Waals surface area contributed by atoms with E-state index in [0.717, 1.165) is 5.56 Å². The first-order chi connectivity index (χ1) is 17.0. The molecule has 0 saturated carbocycles. The van der Waals surface area contributed by atoms with Gasteiger partial charge < -0.3 is 4.74 Å². The Labute approximate surface area is 216 Å². The van der Waals surface area contributed by atoms with Crippen molar-refractivity contribution < 1.29 is 31.5 Å². The first-order valence-corrected chi connectivity index (χ1v) is 11.1. The number of halogens is 8. The number of amides is 1. The van der Waals surface area contributed by atoms with E-state index in [1.165, 1.54) is 25.1 Å². The average Bonchev–Trinajstić information content (AvgIpc) is 3.10. The smallest absolute Gasteiger partial charge is 0.280 e. The molecule has 1 heterocycles. The summed E-state index contributed by atoms with van der Waals surface area (Å²) < 4.78 is 75.2. The van der Waals surface area contributed by atoms with E-state index in [0.29, 0.717) is 5.02 Å². The minimum Gasteiger partial charge on any atom is -0.487 e. The van der Waals surface area contributed by atoms with Crippen molar-refractivity contribution in [3.8, 4) is 5.75 Å². The summed E-state index contributed by atoms with van der Waals surface area (Å²) in [6.45, 7) is 1.38. The topological polar surface area (TPSA) is 41.9 Å². The molecule has 0 N–H and O–H groups in total. The average molecular weight is 562 g/mol. The second kappa shape index (κ2) is 10.1. The molecule has 0 aliphatic carbocycles. The van der Waals surface area contributed by atoms with Crippen molar-refractivity contribution >= 4 is 58.2 Å². The number of ether oxygens (including phenoxy) is 1. The second-order valence-electron chi connectivity index (χ2n) is 7.50. The third kappa shape index (κ3) is 4.78. The van der Waals surface area contributed by atoms with E-state index in [1.54, 1.807) is 24.3 Å². The molecule has 1 aliphatic rings. The van der Waals surface area contributed by atoms with E-state index in [1.807, 2.05) is 0 Å². The van der Waals surface area contributed by atoms with Gasteiger partial charge in [-0.3, -0.25) is 4.79 Å². The quantitative estimate of drug-likeness (QED) is 0.138. The molecule has 0 bridgehead atoms. The molecule has 4 nitrogen and oxygen atoms in total. The lowest BCUT2D eigenvalue weighted by Crippen LogP contribution is -2.25. The Bertz CT molecular complexity index is 1430. The molecule has 1 amide bonds. The van der Waals surface area contributed by atoms with Crippen LogP contribution < -0.4 is 9.75 Å². The second-order valence-corrected chi connectivity index (χ2v) is 8.78. The highest BCUT2D eigenvalue weighted by Crippen LogP contribution is 2.37. The van der Waals surface area contributed by atoms with Crippen molar-refractivity contribution in [3.05, 3.63) is 97.3 Å². The van der Waals surface area contributed by atoms with Gasteiger partial charge in [0, 0.05) is 15.6 Å². The Balaban J connectivity index is 1.73. The predicted molar refractivity (Wildman–Crippen MR) is 127 cm³/mol. The van der Waals surface area contributed by atoms with Gasteiger partial charge in [0.05, 0.1) is 16.3 Å². The highest BCUT2D eigenvalue weighted by molar-refractivity contribution is 6.36. The number of hydrogen-bond acceptors (Lipinski definition) is 3. The van der Waals surface area contributed by atoms with Crippen LogP contribution in [0, 0.1) is 29.1 Å². The van der Waals surface area contributed by atoms with Gasteiger partial charge >= 0.3 is 0 Å². The Morgan fingerprint density at radius 1 is 0.889 bits per heavy atom. The number of anilines is 1. The lowest BCUT2D eigenvalue weighted by molar-refractivity contribution is -0.114. The molecule has 36 heavy (non-hydrogen) atoms. The van der Waals surface area contributed by atoms with Crippen molar-refractivity contribution in [2.45, 2.75) is 13.5 Å². The standard InChI is InChI=1S/C24H12Cl3F5N2O2/c1-10-15(24(35)34(33-10)22-20(31)18(29)17(28)19(30)21(22)32)7-12-6-14(26)8-16(27)23(12)36-9-11-2-4-13(25)5-3-11/h2-8H,9H2,1H3/b15-7-. The maximum atomic E-state index is 14.3. The van der Waals surface area contributed by atoms with Crippen LogP contribution in [-0.2, 0) is 11.4 Å². The molecule has 0 aromatic heterocycles. The molecule has 0 unspecified atom stereocenters. The van der Waals surface area contributed by atoms with E-state index in [9.17, 15) is 26.7 Å². The van der Waals surface area contributed by atoms with Crippen LogP contribution in [0.4, 0.5) is 27.6 Å². The molecule has 12 heteroatoms. The minimum atomic E-state index is -2.35. The Hall–Kier alpha value is -3.14. The maximum Gasteiger partial charge on any atom is 0.280 e. The molecule has 3 aromatic carbocycles. The first kappa shape index (κ1) is 25.9. The summed E-state index contributed by atoms with van der Waals surface area (Å²) in [5.74, 6) is -12.2. The van der Waals surface area contributed by atoms with Gasteiger partial charge in [0.2, 0.25) is 5.82 Å². The highest BCUT2D eigenvalue weighted by Gasteiger charge is 2.37. The van der Waals surface area contributed by atoms with E-state index in [2.05, 4.69) is 5.10 Å². The Morgan fingerprint density at radius 3 is 2.08 bits per heavy atom. The van der Waals surface area contributed by atoms with Gasteiger partial charge in [0.25, 0.3) is 5.91 Å². The van der Waals surface area contributed by atoms with Crippen LogP contribution in [0.5, 0.6) is 5.75 Å². The van der Waals surface area contributed by atoms with Gasteiger partial charge in [-0.1, -0.05) is 46.9 Å². The lowest BCUT2D eigenvalue weighted by Gasteiger charge is -2.15. The summed E-state index contributed by atoms with van der Waals surface area (Å²) in [6.07, 6.45) is 1.24. The van der Waals surface area contributed by atoms with Crippen molar-refractivity contribution in [1.82, 2.24) is 0 Å². The van der Waals surface area contributed by atoms with Crippen molar-refractivity contribution in [3.63, 3.8) is 0 Å². The number of nitrogens with zero attached hydrogens (tertiary/aromatic N) is 2. The zero-order valence-electron chi connectivity index (χ0n) is 18.0. The monoisotopic (exact) mass is 560 g/mol. The largest absolute Gasteiger partial charge is 0.487 e. The number of hydrogen-bond donors (Lipinski definition) is 0. The third-order valence-corrected chi connectivity index (χ3v) is 5.85. The molecule has 4 rings (SSSR count).